The SMILES string of the molecule is CC.CNC.COC.FCc1ccccc1.O=CO. The van der Waals surface area contributed by atoms with E-state index < -0.39 is 0 Å². The minimum Gasteiger partial charge on any atom is -0.483 e. The standard InChI is InChI=1S/C7H7F.C2H7N.C2H6O.C2H6.CH2O2/c8-6-7-4-2-1-3-5-7;2*1-3-2;1-2;2-1-3/h1-5H,6H2;3H,1-2H3;1-2H3;1-2H3;1H,(H,2,3). The number of methoxy groups -OCH3 is 1. The first kappa shape index (κ1) is 26.2. The van der Waals surface area contributed by atoms with Gasteiger partial charge in [0.25, 0.3) is 6.47 Å². The van der Waals surface area contributed by atoms with Gasteiger partial charge in [-0.05, 0) is 19.7 Å². The van der Waals surface area contributed by atoms with Crippen molar-refractivity contribution in [3.05, 3.63) is 35.9 Å². The molecule has 0 saturated heterocycles. The van der Waals surface area contributed by atoms with Crippen LogP contribution in [0.25, 0.3) is 0 Å². The molecule has 0 spiro atoms. The summed E-state index contributed by atoms with van der Waals surface area (Å²) in [5.41, 5.74) is 0.743. The van der Waals surface area contributed by atoms with Gasteiger partial charge in [-0.2, -0.15) is 0 Å². The van der Waals surface area contributed by atoms with Crippen LogP contribution in [-0.2, 0) is 16.2 Å². The van der Waals surface area contributed by atoms with E-state index in [2.05, 4.69) is 10.1 Å². The van der Waals surface area contributed by atoms with E-state index in [-0.39, 0.29) is 13.1 Å². The van der Waals surface area contributed by atoms with Crippen molar-refractivity contribution in [1.29, 1.82) is 0 Å². The van der Waals surface area contributed by atoms with Crippen molar-refractivity contribution in [3.63, 3.8) is 0 Å². The lowest BCUT2D eigenvalue weighted by Gasteiger charge is -1.87. The Balaban J connectivity index is -0.0000000871. The van der Waals surface area contributed by atoms with Crippen molar-refractivity contribution in [2.75, 3.05) is 28.3 Å². The molecule has 0 fully saturated rings. The molecular weight excluding hydrogens is 249 g/mol. The Hall–Kier alpha value is -1.46. The second kappa shape index (κ2) is 36.0. The second-order valence-electron chi connectivity index (χ2n) is 2.63. The number of hydrogen-bond donors (Lipinski definition) is 2. The second-order valence-corrected chi connectivity index (χ2v) is 2.63. The molecule has 0 atom stereocenters. The molecule has 0 aromatic heterocycles. The number of carboxylic acid groups (broad SMARTS) is 1. The summed E-state index contributed by atoms with van der Waals surface area (Å²) in [6, 6.07) is 9.06. The summed E-state index contributed by atoms with van der Waals surface area (Å²) in [4.78, 5) is 8.36. The highest BCUT2D eigenvalue weighted by Gasteiger charge is 1.82. The normalized spacial score (nSPS) is 6.68. The van der Waals surface area contributed by atoms with Crippen molar-refractivity contribution < 1.29 is 19.0 Å². The fraction of sp³-hybridized carbons (Fsp3) is 0.500. The monoisotopic (exact) mass is 277 g/mol. The van der Waals surface area contributed by atoms with E-state index >= 15 is 0 Å². The molecule has 0 aliphatic rings. The molecule has 0 aliphatic heterocycles. The Morgan fingerprint density at radius 3 is 1.63 bits per heavy atom. The van der Waals surface area contributed by atoms with Crippen LogP contribution >= 0.6 is 0 Å². The van der Waals surface area contributed by atoms with Crippen LogP contribution in [0, 0.1) is 0 Å². The summed E-state index contributed by atoms with van der Waals surface area (Å²) in [6.45, 7) is 3.39. The number of rotatable bonds is 1. The van der Waals surface area contributed by atoms with E-state index in [4.69, 9.17) is 9.90 Å². The summed E-state index contributed by atoms with van der Waals surface area (Å²) >= 11 is 0. The maximum Gasteiger partial charge on any atom is 0.290 e. The van der Waals surface area contributed by atoms with E-state index in [1.807, 2.05) is 46.1 Å². The largest absolute Gasteiger partial charge is 0.483 e. The van der Waals surface area contributed by atoms with Gasteiger partial charge in [0.05, 0.1) is 0 Å². The molecule has 114 valence electrons. The zero-order valence-corrected chi connectivity index (χ0v) is 12.8. The third-order valence-corrected chi connectivity index (χ3v) is 0.997. The van der Waals surface area contributed by atoms with Gasteiger partial charge in [0.15, 0.2) is 0 Å². The number of carbonyl (C=O) groups is 1. The van der Waals surface area contributed by atoms with Crippen molar-refractivity contribution in [2.24, 2.45) is 0 Å². The highest BCUT2D eigenvalue weighted by molar-refractivity contribution is 5.32. The molecule has 0 bridgehead atoms. The molecule has 0 saturated carbocycles. The number of ether oxygens (including phenoxy) is 1. The van der Waals surface area contributed by atoms with Crippen LogP contribution in [0.2, 0.25) is 0 Å². The number of halogens is 1. The molecule has 0 heterocycles. The average Bonchev–Trinajstić information content (AvgIpc) is 2.45. The van der Waals surface area contributed by atoms with Crippen molar-refractivity contribution in [3.8, 4) is 0 Å². The Bertz CT molecular complexity index is 219. The smallest absolute Gasteiger partial charge is 0.290 e. The van der Waals surface area contributed by atoms with Gasteiger partial charge in [-0.3, -0.25) is 4.79 Å². The molecule has 1 aromatic rings. The molecule has 1 rings (SSSR count). The lowest BCUT2D eigenvalue weighted by molar-refractivity contribution is -0.122. The van der Waals surface area contributed by atoms with E-state index in [0.717, 1.165) is 5.56 Å². The van der Waals surface area contributed by atoms with Crippen LogP contribution in [0.15, 0.2) is 30.3 Å². The van der Waals surface area contributed by atoms with Crippen molar-refractivity contribution in [2.45, 2.75) is 20.5 Å². The Morgan fingerprint density at radius 1 is 1.21 bits per heavy atom. The first-order chi connectivity index (χ1) is 9.17. The molecule has 2 N–H and O–H groups in total. The molecule has 19 heavy (non-hydrogen) atoms. The van der Waals surface area contributed by atoms with Crippen LogP contribution < -0.4 is 5.32 Å². The van der Waals surface area contributed by atoms with E-state index in [1.54, 1.807) is 26.4 Å². The highest BCUT2D eigenvalue weighted by atomic mass is 19.1. The molecule has 0 radical (unpaired) electrons. The number of hydrogen-bond acceptors (Lipinski definition) is 3. The third-order valence-electron chi connectivity index (χ3n) is 0.997. The predicted octanol–water partition coefficient (Wildman–Crippen LogP) is 2.98. The van der Waals surface area contributed by atoms with Gasteiger partial charge in [-0.25, -0.2) is 4.39 Å². The minimum atomic E-state index is -0.360. The zero-order valence-electron chi connectivity index (χ0n) is 12.8. The lowest BCUT2D eigenvalue weighted by Crippen LogP contribution is -1.89. The zero-order chi connectivity index (χ0) is 15.9. The maximum absolute atomic E-state index is 11.7. The van der Waals surface area contributed by atoms with Crippen LogP contribution in [-0.4, -0.2) is 39.9 Å². The van der Waals surface area contributed by atoms with E-state index in [9.17, 15) is 4.39 Å². The topological polar surface area (TPSA) is 58.6 Å². The van der Waals surface area contributed by atoms with Crippen molar-refractivity contribution in [1.82, 2.24) is 5.32 Å². The Labute approximate surface area is 116 Å². The number of alkyl halides is 1. The summed E-state index contributed by atoms with van der Waals surface area (Å²) in [5, 5.41) is 9.64. The molecule has 5 heteroatoms. The summed E-state index contributed by atoms with van der Waals surface area (Å²) < 4.78 is 16.0. The minimum absolute atomic E-state index is 0.250. The van der Waals surface area contributed by atoms with E-state index in [0.29, 0.717) is 0 Å². The van der Waals surface area contributed by atoms with Crippen LogP contribution in [0.5, 0.6) is 0 Å². The quantitative estimate of drug-likeness (QED) is 0.775. The maximum atomic E-state index is 11.7. The van der Waals surface area contributed by atoms with Crippen LogP contribution in [0.4, 0.5) is 4.39 Å². The molecule has 0 aliphatic carbocycles. The van der Waals surface area contributed by atoms with Gasteiger partial charge >= 0.3 is 0 Å². The Kier molecular flexibility index (Phi) is 49.5. The van der Waals surface area contributed by atoms with E-state index in [1.165, 1.54) is 0 Å². The Morgan fingerprint density at radius 2 is 1.47 bits per heavy atom. The number of nitrogens with one attached hydrogen (secondary N) is 1. The molecular formula is C14H28FNO3. The third kappa shape index (κ3) is 47.9. The number of benzene rings is 1. The molecule has 0 amide bonds. The summed E-state index contributed by atoms with van der Waals surface area (Å²) in [5.74, 6) is 0. The van der Waals surface area contributed by atoms with Gasteiger partial charge in [0.1, 0.15) is 6.67 Å². The van der Waals surface area contributed by atoms with Gasteiger partial charge in [-0.1, -0.05) is 44.2 Å². The highest BCUT2D eigenvalue weighted by Crippen LogP contribution is 1.98. The fourth-order valence-electron chi connectivity index (χ4n) is 0.567. The molecule has 0 unspecified atom stereocenters. The van der Waals surface area contributed by atoms with Crippen molar-refractivity contribution >= 4 is 6.47 Å². The first-order valence-corrected chi connectivity index (χ1v) is 5.84. The average molecular weight is 277 g/mol. The summed E-state index contributed by atoms with van der Waals surface area (Å²) in [7, 11) is 7.00. The summed E-state index contributed by atoms with van der Waals surface area (Å²) in [6.07, 6.45) is 0. The molecule has 4 nitrogen and oxygen atoms in total. The molecule has 1 aromatic carbocycles. The van der Waals surface area contributed by atoms with Gasteiger partial charge < -0.3 is 15.2 Å². The van der Waals surface area contributed by atoms with Crippen LogP contribution in [0.3, 0.4) is 0 Å². The fourth-order valence-corrected chi connectivity index (χ4v) is 0.567. The lowest BCUT2D eigenvalue weighted by atomic mass is 10.2. The van der Waals surface area contributed by atoms with Gasteiger partial charge in [0, 0.05) is 14.2 Å². The van der Waals surface area contributed by atoms with Gasteiger partial charge in [0.2, 0.25) is 0 Å². The predicted molar refractivity (Wildman–Crippen MR) is 79.2 cm³/mol. The first-order valence-electron chi connectivity index (χ1n) is 5.84. The van der Waals surface area contributed by atoms with Gasteiger partial charge in [-0.15, -0.1) is 0 Å². The van der Waals surface area contributed by atoms with Crippen LogP contribution in [0.1, 0.15) is 19.4 Å².